The molecule has 4 rings (SSSR count). The zero-order valence-corrected chi connectivity index (χ0v) is 13.9. The van der Waals surface area contributed by atoms with Crippen LogP contribution in [0.15, 0.2) is 0 Å². The van der Waals surface area contributed by atoms with Crippen LogP contribution >= 0.6 is 0 Å². The maximum Gasteiger partial charge on any atom is 0.307 e. The highest BCUT2D eigenvalue weighted by Gasteiger charge is 2.62. The van der Waals surface area contributed by atoms with Crippen LogP contribution in [0.2, 0.25) is 0 Å². The number of fused-ring (bicyclic) bond motifs is 5. The van der Waals surface area contributed by atoms with Crippen LogP contribution in [-0.2, 0) is 4.79 Å². The second-order valence-electron chi connectivity index (χ2n) is 9.35. The van der Waals surface area contributed by atoms with E-state index in [1.54, 1.807) is 0 Å². The average Bonchev–Trinajstić information content (AvgIpc) is 2.41. The fourth-order valence-electron chi connectivity index (χ4n) is 7.05. The summed E-state index contributed by atoms with van der Waals surface area (Å²) >= 11 is 0. The predicted molar refractivity (Wildman–Crippen MR) is 84.2 cm³/mol. The summed E-state index contributed by atoms with van der Waals surface area (Å²) in [5.74, 6) is 3.07. The molecule has 2 unspecified atom stereocenters. The van der Waals surface area contributed by atoms with Gasteiger partial charge in [-0.2, -0.15) is 0 Å². The van der Waals surface area contributed by atoms with Gasteiger partial charge in [0.05, 0.1) is 11.5 Å². The number of hydrogen-bond donors (Lipinski definition) is 2. The van der Waals surface area contributed by atoms with Gasteiger partial charge >= 0.3 is 5.97 Å². The molecular formula is C19H30O3. The summed E-state index contributed by atoms with van der Waals surface area (Å²) in [5.41, 5.74) is -0.373. The molecule has 0 heterocycles. The van der Waals surface area contributed by atoms with Crippen molar-refractivity contribution in [1.29, 1.82) is 0 Å². The molecule has 22 heavy (non-hydrogen) atoms. The Labute approximate surface area is 133 Å². The first-order valence-corrected chi connectivity index (χ1v) is 9.27. The molecule has 0 aliphatic heterocycles. The van der Waals surface area contributed by atoms with Gasteiger partial charge in [0.2, 0.25) is 0 Å². The molecule has 0 saturated heterocycles. The standard InChI is InChI=1S/C19H30O3/c1-18(22)7-5-12-11(10-18)3-4-14-13(12)6-8-19(2)15(14)9-16(19)17(20)21/h11-16,22H,3-10H2,1-2H3,(H,20,21)/t11?,12-,13+,14+,15-,16?,18+,19-/m0/s1. The molecular weight excluding hydrogens is 276 g/mol. The Morgan fingerprint density at radius 2 is 1.73 bits per heavy atom. The SMILES string of the molecule is C[C@@]1(O)CC[C@H]2C(CC[C@@H]3[C@@H]2CC[C@]2(C)C(C(=O)O)C[C@@H]32)C1. The molecule has 8 atom stereocenters. The zero-order valence-electron chi connectivity index (χ0n) is 13.9. The Bertz CT molecular complexity index is 485. The van der Waals surface area contributed by atoms with E-state index in [0.29, 0.717) is 11.8 Å². The van der Waals surface area contributed by atoms with E-state index in [9.17, 15) is 15.0 Å². The van der Waals surface area contributed by atoms with Crippen LogP contribution in [0, 0.1) is 40.9 Å². The van der Waals surface area contributed by atoms with Crippen molar-refractivity contribution in [1.82, 2.24) is 0 Å². The highest BCUT2D eigenvalue weighted by atomic mass is 16.4. The molecule has 0 amide bonds. The van der Waals surface area contributed by atoms with E-state index in [2.05, 4.69) is 6.92 Å². The first-order chi connectivity index (χ1) is 10.3. The maximum atomic E-state index is 11.5. The molecule has 0 bridgehead atoms. The van der Waals surface area contributed by atoms with Gasteiger partial charge in [-0.15, -0.1) is 0 Å². The Balaban J connectivity index is 1.52. The molecule has 124 valence electrons. The summed E-state index contributed by atoms with van der Waals surface area (Å²) < 4.78 is 0. The molecule has 0 aromatic carbocycles. The van der Waals surface area contributed by atoms with Crippen molar-refractivity contribution in [3.63, 3.8) is 0 Å². The predicted octanol–water partition coefficient (Wildman–Crippen LogP) is 3.70. The van der Waals surface area contributed by atoms with E-state index in [1.807, 2.05) is 6.92 Å². The number of aliphatic carboxylic acids is 1. The minimum absolute atomic E-state index is 0.0694. The molecule has 4 fully saturated rings. The number of carboxylic acid groups (broad SMARTS) is 1. The summed E-state index contributed by atoms with van der Waals surface area (Å²) in [6.07, 6.45) is 8.91. The third kappa shape index (κ3) is 2.00. The molecule has 3 nitrogen and oxygen atoms in total. The lowest BCUT2D eigenvalue weighted by Gasteiger charge is -2.64. The third-order valence-corrected chi connectivity index (χ3v) is 8.26. The van der Waals surface area contributed by atoms with Crippen molar-refractivity contribution >= 4 is 5.97 Å². The zero-order chi connectivity index (χ0) is 15.7. The summed E-state index contributed by atoms with van der Waals surface area (Å²) in [5, 5.41) is 19.8. The van der Waals surface area contributed by atoms with Crippen LogP contribution in [0.25, 0.3) is 0 Å². The van der Waals surface area contributed by atoms with Gasteiger partial charge in [0.25, 0.3) is 0 Å². The minimum atomic E-state index is -0.570. The molecule has 0 aromatic heterocycles. The topological polar surface area (TPSA) is 57.5 Å². The van der Waals surface area contributed by atoms with Crippen LogP contribution < -0.4 is 0 Å². The van der Waals surface area contributed by atoms with E-state index in [0.717, 1.165) is 43.4 Å². The number of rotatable bonds is 1. The monoisotopic (exact) mass is 306 g/mol. The van der Waals surface area contributed by atoms with Gasteiger partial charge in [-0.05, 0) is 93.3 Å². The normalized spacial score (nSPS) is 57.0. The second-order valence-corrected chi connectivity index (χ2v) is 9.35. The van der Waals surface area contributed by atoms with E-state index in [4.69, 9.17) is 0 Å². The quantitative estimate of drug-likeness (QED) is 0.776. The lowest BCUT2D eigenvalue weighted by atomic mass is 9.40. The fourth-order valence-corrected chi connectivity index (χ4v) is 7.05. The first kappa shape index (κ1) is 15.0. The smallest absolute Gasteiger partial charge is 0.307 e. The van der Waals surface area contributed by atoms with Crippen molar-refractivity contribution < 1.29 is 15.0 Å². The average molecular weight is 306 g/mol. The summed E-state index contributed by atoms with van der Waals surface area (Å²) in [4.78, 5) is 11.5. The molecule has 2 N–H and O–H groups in total. The lowest BCUT2D eigenvalue weighted by Crippen LogP contribution is -2.60. The molecule has 4 aliphatic carbocycles. The van der Waals surface area contributed by atoms with Crippen LogP contribution in [0.3, 0.4) is 0 Å². The van der Waals surface area contributed by atoms with Gasteiger partial charge in [-0.3, -0.25) is 4.79 Å². The van der Waals surface area contributed by atoms with Gasteiger partial charge in [0.15, 0.2) is 0 Å². The van der Waals surface area contributed by atoms with Crippen LogP contribution in [0.1, 0.15) is 65.2 Å². The lowest BCUT2D eigenvalue weighted by molar-refractivity contribution is -0.189. The molecule has 3 heteroatoms. The first-order valence-electron chi connectivity index (χ1n) is 9.27. The van der Waals surface area contributed by atoms with Crippen molar-refractivity contribution in [3.05, 3.63) is 0 Å². The molecule has 0 radical (unpaired) electrons. The largest absolute Gasteiger partial charge is 0.481 e. The van der Waals surface area contributed by atoms with Gasteiger partial charge in [-0.1, -0.05) is 6.92 Å². The van der Waals surface area contributed by atoms with Gasteiger partial charge in [0.1, 0.15) is 0 Å². The third-order valence-electron chi connectivity index (χ3n) is 8.26. The number of carbonyl (C=O) groups is 1. The van der Waals surface area contributed by atoms with Crippen LogP contribution in [-0.4, -0.2) is 21.8 Å². The fraction of sp³-hybridized carbons (Fsp3) is 0.947. The summed E-state index contributed by atoms with van der Waals surface area (Å²) in [7, 11) is 0. The Morgan fingerprint density at radius 1 is 1.00 bits per heavy atom. The van der Waals surface area contributed by atoms with E-state index >= 15 is 0 Å². The molecule has 0 spiro atoms. The summed E-state index contributed by atoms with van der Waals surface area (Å²) in [6, 6.07) is 0. The highest BCUT2D eigenvalue weighted by molar-refractivity contribution is 5.72. The summed E-state index contributed by atoms with van der Waals surface area (Å²) in [6.45, 7) is 4.25. The number of hydrogen-bond acceptors (Lipinski definition) is 2. The molecule has 4 aliphatic rings. The van der Waals surface area contributed by atoms with Gasteiger partial charge in [-0.25, -0.2) is 0 Å². The van der Waals surface area contributed by atoms with Crippen LogP contribution in [0.4, 0.5) is 0 Å². The van der Waals surface area contributed by atoms with Crippen molar-refractivity contribution in [2.75, 3.05) is 0 Å². The Hall–Kier alpha value is -0.570. The Morgan fingerprint density at radius 3 is 2.45 bits per heavy atom. The highest BCUT2D eigenvalue weighted by Crippen LogP contribution is 2.67. The second kappa shape index (κ2) is 4.72. The van der Waals surface area contributed by atoms with Crippen molar-refractivity contribution in [2.45, 2.75) is 70.8 Å². The van der Waals surface area contributed by atoms with E-state index in [1.165, 1.54) is 25.7 Å². The van der Waals surface area contributed by atoms with Crippen LogP contribution in [0.5, 0.6) is 0 Å². The minimum Gasteiger partial charge on any atom is -0.481 e. The number of carboxylic acids is 1. The maximum absolute atomic E-state index is 11.5. The Kier molecular flexibility index (Phi) is 3.21. The van der Waals surface area contributed by atoms with Gasteiger partial charge < -0.3 is 10.2 Å². The van der Waals surface area contributed by atoms with Crippen molar-refractivity contribution in [2.24, 2.45) is 40.9 Å². The van der Waals surface area contributed by atoms with E-state index in [-0.39, 0.29) is 11.3 Å². The molecule has 0 aromatic rings. The number of aliphatic hydroxyl groups is 1. The molecule has 4 saturated carbocycles. The van der Waals surface area contributed by atoms with E-state index < -0.39 is 11.6 Å². The van der Waals surface area contributed by atoms with Crippen molar-refractivity contribution in [3.8, 4) is 0 Å². The van der Waals surface area contributed by atoms with Gasteiger partial charge in [0, 0.05) is 0 Å².